The maximum atomic E-state index is 13.4. The van der Waals surface area contributed by atoms with Crippen LogP contribution >= 0.6 is 27.5 Å². The third kappa shape index (κ3) is 4.34. The quantitative estimate of drug-likeness (QED) is 0.544. The molecule has 1 saturated carbocycles. The van der Waals surface area contributed by atoms with Gasteiger partial charge >= 0.3 is 0 Å². The number of hydrogen-bond donors (Lipinski definition) is 3. The Balaban J connectivity index is 1.95. The average Bonchev–Trinajstić information content (AvgIpc) is 3.31. The molecule has 3 N–H and O–H groups in total. The van der Waals surface area contributed by atoms with Gasteiger partial charge in [-0.2, -0.15) is 0 Å². The molecular formula is C18H18BrClFN3O2. The molecule has 1 aromatic carbocycles. The van der Waals surface area contributed by atoms with E-state index in [-0.39, 0.29) is 16.4 Å². The summed E-state index contributed by atoms with van der Waals surface area (Å²) >= 11 is 9.18. The molecule has 1 fully saturated rings. The van der Waals surface area contributed by atoms with Gasteiger partial charge in [0.05, 0.1) is 0 Å². The van der Waals surface area contributed by atoms with Gasteiger partial charge in [0.2, 0.25) is 0 Å². The van der Waals surface area contributed by atoms with E-state index < -0.39 is 11.9 Å². The summed E-state index contributed by atoms with van der Waals surface area (Å²) in [7, 11) is 0. The third-order valence-electron chi connectivity index (χ3n) is 4.10. The van der Waals surface area contributed by atoms with Crippen LogP contribution in [0.1, 0.15) is 30.5 Å². The first-order valence-corrected chi connectivity index (χ1v) is 9.32. The number of hydrogen-bond acceptors (Lipinski definition) is 5. The van der Waals surface area contributed by atoms with Gasteiger partial charge in [-0.05, 0) is 52.9 Å². The highest BCUT2D eigenvalue weighted by molar-refractivity contribution is 9.10. The normalized spacial score (nSPS) is 15.8. The number of aryl methyl sites for hydroxylation is 1. The van der Waals surface area contributed by atoms with Crippen molar-refractivity contribution in [2.75, 3.05) is 6.54 Å². The SMILES string of the molecule is Cc1nc(C(O)/C(=C/NCC2CC2)C(=N)Cl)c(-c2ccc(F)cc2Br)o1. The first kappa shape index (κ1) is 19.1. The number of nitrogens with one attached hydrogen (secondary N) is 2. The predicted octanol–water partition coefficient (Wildman–Crippen LogP) is 4.68. The summed E-state index contributed by atoms with van der Waals surface area (Å²) in [5.74, 6) is 0.880. The van der Waals surface area contributed by atoms with E-state index >= 15 is 0 Å². The predicted molar refractivity (Wildman–Crippen MR) is 102 cm³/mol. The van der Waals surface area contributed by atoms with Crippen LogP contribution in [0, 0.1) is 24.1 Å². The number of nitrogens with zero attached hydrogens (tertiary/aromatic N) is 1. The molecule has 1 aromatic heterocycles. The van der Waals surface area contributed by atoms with Crippen LogP contribution in [-0.4, -0.2) is 21.8 Å². The number of aliphatic hydroxyl groups excluding tert-OH is 1. The Hall–Kier alpha value is -1.70. The van der Waals surface area contributed by atoms with E-state index in [0.29, 0.717) is 27.6 Å². The van der Waals surface area contributed by atoms with Crippen molar-refractivity contribution in [2.24, 2.45) is 5.92 Å². The molecule has 0 saturated heterocycles. The fourth-order valence-corrected chi connectivity index (χ4v) is 3.25. The van der Waals surface area contributed by atoms with E-state index in [1.807, 2.05) is 0 Å². The summed E-state index contributed by atoms with van der Waals surface area (Å²) in [4.78, 5) is 4.25. The summed E-state index contributed by atoms with van der Waals surface area (Å²) in [6.45, 7) is 2.42. The van der Waals surface area contributed by atoms with E-state index in [2.05, 4.69) is 26.2 Å². The lowest BCUT2D eigenvalue weighted by Crippen LogP contribution is -2.15. The van der Waals surface area contributed by atoms with Crippen LogP contribution in [-0.2, 0) is 0 Å². The number of oxazole rings is 1. The van der Waals surface area contributed by atoms with Crippen LogP contribution in [0.2, 0.25) is 0 Å². The average molecular weight is 443 g/mol. The molecule has 1 heterocycles. The molecule has 0 amide bonds. The largest absolute Gasteiger partial charge is 0.441 e. The number of aliphatic hydroxyl groups is 1. The topological polar surface area (TPSA) is 82.1 Å². The highest BCUT2D eigenvalue weighted by Gasteiger charge is 2.27. The molecular weight excluding hydrogens is 425 g/mol. The van der Waals surface area contributed by atoms with Crippen LogP contribution in [0.25, 0.3) is 11.3 Å². The van der Waals surface area contributed by atoms with E-state index in [0.717, 1.165) is 6.54 Å². The molecule has 1 unspecified atom stereocenters. The molecule has 0 bridgehead atoms. The Morgan fingerprint density at radius 1 is 1.58 bits per heavy atom. The minimum atomic E-state index is -1.25. The van der Waals surface area contributed by atoms with E-state index in [9.17, 15) is 9.50 Å². The van der Waals surface area contributed by atoms with Crippen LogP contribution in [0.5, 0.6) is 0 Å². The number of benzene rings is 1. The lowest BCUT2D eigenvalue weighted by atomic mass is 10.0. The minimum absolute atomic E-state index is 0.195. The van der Waals surface area contributed by atoms with Gasteiger partial charge in [0.15, 0.2) is 11.7 Å². The zero-order chi connectivity index (χ0) is 18.8. The summed E-state index contributed by atoms with van der Waals surface area (Å²) in [5, 5.41) is 21.4. The Bertz CT molecular complexity index is 864. The monoisotopic (exact) mass is 441 g/mol. The van der Waals surface area contributed by atoms with Crippen molar-refractivity contribution in [2.45, 2.75) is 25.9 Å². The van der Waals surface area contributed by atoms with Gasteiger partial charge in [-0.1, -0.05) is 11.6 Å². The zero-order valence-electron chi connectivity index (χ0n) is 14.0. The van der Waals surface area contributed by atoms with Crippen molar-refractivity contribution in [3.63, 3.8) is 0 Å². The molecule has 1 aliphatic rings. The van der Waals surface area contributed by atoms with Gasteiger partial charge in [0.1, 0.15) is 22.8 Å². The van der Waals surface area contributed by atoms with Crippen LogP contribution in [0.3, 0.4) is 0 Å². The van der Waals surface area contributed by atoms with Crippen molar-refractivity contribution in [3.8, 4) is 11.3 Å². The van der Waals surface area contributed by atoms with Gasteiger partial charge < -0.3 is 14.8 Å². The van der Waals surface area contributed by atoms with Gasteiger partial charge in [-0.3, -0.25) is 5.41 Å². The van der Waals surface area contributed by atoms with Gasteiger partial charge in [-0.15, -0.1) is 0 Å². The van der Waals surface area contributed by atoms with E-state index in [4.69, 9.17) is 21.4 Å². The maximum Gasteiger partial charge on any atom is 0.192 e. The minimum Gasteiger partial charge on any atom is -0.441 e. The van der Waals surface area contributed by atoms with Crippen molar-refractivity contribution in [1.82, 2.24) is 10.3 Å². The third-order valence-corrected chi connectivity index (χ3v) is 4.98. The van der Waals surface area contributed by atoms with Gasteiger partial charge in [0, 0.05) is 35.3 Å². The summed E-state index contributed by atoms with van der Waals surface area (Å²) < 4.78 is 19.5. The molecule has 1 atom stereocenters. The van der Waals surface area contributed by atoms with Crippen molar-refractivity contribution >= 4 is 32.7 Å². The van der Waals surface area contributed by atoms with E-state index in [1.165, 1.54) is 31.0 Å². The molecule has 0 spiro atoms. The second-order valence-electron chi connectivity index (χ2n) is 6.24. The van der Waals surface area contributed by atoms with Crippen molar-refractivity contribution < 1.29 is 13.9 Å². The lowest BCUT2D eigenvalue weighted by Gasteiger charge is -2.13. The van der Waals surface area contributed by atoms with Crippen LogP contribution in [0.15, 0.2) is 38.9 Å². The second-order valence-corrected chi connectivity index (χ2v) is 7.47. The Kier molecular flexibility index (Phi) is 5.79. The molecule has 5 nitrogen and oxygen atoms in total. The fraction of sp³-hybridized carbons (Fsp3) is 0.333. The lowest BCUT2D eigenvalue weighted by molar-refractivity contribution is 0.217. The fourth-order valence-electron chi connectivity index (χ4n) is 2.56. The molecule has 8 heteroatoms. The smallest absolute Gasteiger partial charge is 0.192 e. The first-order valence-electron chi connectivity index (χ1n) is 8.15. The zero-order valence-corrected chi connectivity index (χ0v) is 16.4. The highest BCUT2D eigenvalue weighted by atomic mass is 79.9. The summed E-state index contributed by atoms with van der Waals surface area (Å²) in [6, 6.07) is 4.14. The van der Waals surface area contributed by atoms with Gasteiger partial charge in [0.25, 0.3) is 0 Å². The number of halogens is 3. The van der Waals surface area contributed by atoms with Crippen molar-refractivity contribution in [3.05, 3.63) is 51.8 Å². The molecule has 2 aromatic rings. The van der Waals surface area contributed by atoms with Crippen molar-refractivity contribution in [1.29, 1.82) is 5.41 Å². The van der Waals surface area contributed by atoms with E-state index in [1.54, 1.807) is 13.1 Å². The Morgan fingerprint density at radius 3 is 2.92 bits per heavy atom. The highest BCUT2D eigenvalue weighted by Crippen LogP contribution is 2.37. The summed E-state index contributed by atoms with van der Waals surface area (Å²) in [5.41, 5.74) is 0.965. The molecule has 0 aliphatic heterocycles. The second kappa shape index (κ2) is 7.90. The maximum absolute atomic E-state index is 13.4. The standard InChI is InChI=1S/C18H18BrClFN3O2/c1-9-24-15(17(26-9)12-5-4-11(21)6-14(12)19)16(25)13(18(20)22)8-23-7-10-2-3-10/h4-6,8,10,16,22-23,25H,2-3,7H2,1H3/b13-8-,22-18?. The molecule has 138 valence electrons. The van der Waals surface area contributed by atoms with Gasteiger partial charge in [-0.25, -0.2) is 9.37 Å². The number of aromatic nitrogens is 1. The summed E-state index contributed by atoms with van der Waals surface area (Å²) in [6.07, 6.45) is 2.66. The number of rotatable bonds is 7. The molecule has 1 aliphatic carbocycles. The molecule has 26 heavy (non-hydrogen) atoms. The Labute approximate surface area is 163 Å². The molecule has 3 rings (SSSR count). The molecule has 0 radical (unpaired) electrons. The Morgan fingerprint density at radius 2 is 2.31 bits per heavy atom. The van der Waals surface area contributed by atoms with Crippen LogP contribution < -0.4 is 5.32 Å². The first-order chi connectivity index (χ1) is 12.4. The van der Waals surface area contributed by atoms with Crippen LogP contribution in [0.4, 0.5) is 4.39 Å².